The monoisotopic (exact) mass is 304 g/mol. The van der Waals surface area contributed by atoms with E-state index in [-0.39, 0.29) is 0 Å². The van der Waals surface area contributed by atoms with Crippen molar-refractivity contribution in [3.05, 3.63) is 35.2 Å². The van der Waals surface area contributed by atoms with Gasteiger partial charge in [-0.3, -0.25) is 11.3 Å². The number of fused-ring (bicyclic) bond motifs is 1. The van der Waals surface area contributed by atoms with Crippen LogP contribution in [-0.2, 0) is 11.2 Å². The molecule has 0 bridgehead atoms. The molecule has 1 aliphatic rings. The summed E-state index contributed by atoms with van der Waals surface area (Å²) in [6, 6.07) is 8.93. The number of hydrazine groups is 1. The molecule has 0 radical (unpaired) electrons. The first-order valence-electron chi connectivity index (χ1n) is 7.89. The Kier molecular flexibility index (Phi) is 5.25. The highest BCUT2D eigenvalue weighted by atomic mass is 32.1. The number of hydrogen-bond acceptors (Lipinski definition) is 4. The summed E-state index contributed by atoms with van der Waals surface area (Å²) in [4.78, 5) is 0. The molecule has 3 rings (SSSR count). The Bertz CT molecular complexity index is 563. The molecule has 1 saturated heterocycles. The fourth-order valence-corrected chi connectivity index (χ4v) is 4.10. The second-order valence-corrected chi connectivity index (χ2v) is 6.80. The van der Waals surface area contributed by atoms with E-state index in [0.717, 1.165) is 25.9 Å². The quantitative estimate of drug-likeness (QED) is 0.633. The zero-order valence-corrected chi connectivity index (χ0v) is 13.2. The van der Waals surface area contributed by atoms with Crippen molar-refractivity contribution in [1.29, 1.82) is 0 Å². The Morgan fingerprint density at radius 2 is 2.24 bits per heavy atom. The summed E-state index contributed by atoms with van der Waals surface area (Å²) in [6.45, 7) is 0.931. The van der Waals surface area contributed by atoms with Crippen molar-refractivity contribution < 1.29 is 4.74 Å². The van der Waals surface area contributed by atoms with E-state index in [1.807, 2.05) is 11.3 Å². The maximum absolute atomic E-state index is 5.81. The molecule has 0 amide bonds. The predicted octanol–water partition coefficient (Wildman–Crippen LogP) is 3.63. The molecule has 114 valence electrons. The van der Waals surface area contributed by atoms with Crippen molar-refractivity contribution in [3.8, 4) is 0 Å². The zero-order valence-electron chi connectivity index (χ0n) is 12.4. The third-order valence-corrected chi connectivity index (χ3v) is 5.39. The van der Waals surface area contributed by atoms with Gasteiger partial charge in [-0.25, -0.2) is 0 Å². The molecule has 4 heteroatoms. The van der Waals surface area contributed by atoms with Crippen LogP contribution in [0.5, 0.6) is 0 Å². The fourth-order valence-electron chi connectivity index (χ4n) is 3.12. The Labute approximate surface area is 130 Å². The van der Waals surface area contributed by atoms with Gasteiger partial charge in [-0.1, -0.05) is 18.2 Å². The van der Waals surface area contributed by atoms with E-state index in [1.165, 1.54) is 34.9 Å². The lowest BCUT2D eigenvalue weighted by molar-refractivity contribution is 0.00859. The van der Waals surface area contributed by atoms with Crippen LogP contribution in [0.2, 0.25) is 0 Å². The summed E-state index contributed by atoms with van der Waals surface area (Å²) in [6.07, 6.45) is 7.35. The molecule has 2 unspecified atom stereocenters. The molecular formula is C17H24N2OS. The largest absolute Gasteiger partial charge is 0.378 e. The summed E-state index contributed by atoms with van der Waals surface area (Å²) in [7, 11) is 0. The van der Waals surface area contributed by atoms with Gasteiger partial charge in [-0.2, -0.15) is 0 Å². The third kappa shape index (κ3) is 3.83. The Balaban J connectivity index is 1.58. The molecule has 21 heavy (non-hydrogen) atoms. The second kappa shape index (κ2) is 7.36. The van der Waals surface area contributed by atoms with Gasteiger partial charge in [0, 0.05) is 17.3 Å². The highest BCUT2D eigenvalue weighted by molar-refractivity contribution is 7.17. The maximum atomic E-state index is 5.81. The van der Waals surface area contributed by atoms with Gasteiger partial charge >= 0.3 is 0 Å². The molecule has 2 heterocycles. The van der Waals surface area contributed by atoms with Gasteiger partial charge in [0.25, 0.3) is 0 Å². The molecule has 0 aliphatic carbocycles. The highest BCUT2D eigenvalue weighted by Crippen LogP contribution is 2.27. The Morgan fingerprint density at radius 1 is 1.33 bits per heavy atom. The van der Waals surface area contributed by atoms with Crippen LogP contribution in [-0.4, -0.2) is 18.8 Å². The number of benzene rings is 1. The van der Waals surface area contributed by atoms with Crippen LogP contribution in [0.25, 0.3) is 10.1 Å². The lowest BCUT2D eigenvalue weighted by Gasteiger charge is -2.24. The summed E-state index contributed by atoms with van der Waals surface area (Å²) in [5, 5.41) is 3.64. The van der Waals surface area contributed by atoms with Gasteiger partial charge in [0.05, 0.1) is 6.10 Å². The van der Waals surface area contributed by atoms with E-state index in [0.29, 0.717) is 12.1 Å². The molecule has 2 atom stereocenters. The van der Waals surface area contributed by atoms with Crippen molar-refractivity contribution in [2.45, 2.75) is 50.7 Å². The van der Waals surface area contributed by atoms with Gasteiger partial charge < -0.3 is 4.74 Å². The zero-order chi connectivity index (χ0) is 14.5. The summed E-state index contributed by atoms with van der Waals surface area (Å²) >= 11 is 1.82. The molecule has 0 spiro atoms. The second-order valence-electron chi connectivity index (χ2n) is 5.89. The molecule has 1 aromatic heterocycles. The third-order valence-electron chi connectivity index (χ3n) is 4.37. The van der Waals surface area contributed by atoms with Crippen LogP contribution < -0.4 is 11.3 Å². The first-order chi connectivity index (χ1) is 10.4. The Morgan fingerprint density at radius 3 is 3.05 bits per heavy atom. The summed E-state index contributed by atoms with van der Waals surface area (Å²) in [5.74, 6) is 5.76. The topological polar surface area (TPSA) is 47.3 Å². The highest BCUT2D eigenvalue weighted by Gasteiger charge is 2.17. The average Bonchev–Trinajstić information content (AvgIpc) is 2.95. The first-order valence-corrected chi connectivity index (χ1v) is 8.77. The van der Waals surface area contributed by atoms with Gasteiger partial charge in [-0.15, -0.1) is 11.3 Å². The molecule has 0 saturated carbocycles. The number of nitrogens with two attached hydrogens (primary N) is 1. The van der Waals surface area contributed by atoms with E-state index in [4.69, 9.17) is 10.6 Å². The van der Waals surface area contributed by atoms with E-state index in [1.54, 1.807) is 0 Å². The van der Waals surface area contributed by atoms with Crippen LogP contribution in [0.3, 0.4) is 0 Å². The maximum Gasteiger partial charge on any atom is 0.0575 e. The summed E-state index contributed by atoms with van der Waals surface area (Å²) in [5.41, 5.74) is 4.40. The number of thiophene rings is 1. The molecule has 1 fully saturated rings. The first kappa shape index (κ1) is 15.0. The van der Waals surface area contributed by atoms with Gasteiger partial charge in [0.2, 0.25) is 0 Å². The molecular weight excluding hydrogens is 280 g/mol. The Hall–Kier alpha value is -0.940. The van der Waals surface area contributed by atoms with Crippen molar-refractivity contribution in [2.24, 2.45) is 5.84 Å². The smallest absolute Gasteiger partial charge is 0.0575 e. The minimum atomic E-state index is 0.327. The van der Waals surface area contributed by atoms with Crippen LogP contribution in [0.1, 0.15) is 37.7 Å². The van der Waals surface area contributed by atoms with Gasteiger partial charge in [-0.05, 0) is 60.9 Å². The molecule has 1 aromatic carbocycles. The predicted molar refractivity (Wildman–Crippen MR) is 89.5 cm³/mol. The van der Waals surface area contributed by atoms with Crippen molar-refractivity contribution >= 4 is 21.4 Å². The summed E-state index contributed by atoms with van der Waals surface area (Å²) < 4.78 is 7.17. The molecule has 1 aliphatic heterocycles. The van der Waals surface area contributed by atoms with E-state index in [2.05, 4.69) is 35.1 Å². The SMILES string of the molecule is NNC(CCC1CCCCO1)Cc1csc2ccccc12. The molecule has 3 nitrogen and oxygen atoms in total. The standard InChI is InChI=1S/C17H24N2OS/c18-19-14(8-9-15-5-3-4-10-20-15)11-13-12-21-17-7-2-1-6-16(13)17/h1-2,6-7,12,14-15,19H,3-5,8-11,18H2. The van der Waals surface area contributed by atoms with Crippen LogP contribution in [0.4, 0.5) is 0 Å². The van der Waals surface area contributed by atoms with Crippen LogP contribution in [0, 0.1) is 0 Å². The van der Waals surface area contributed by atoms with E-state index in [9.17, 15) is 0 Å². The van der Waals surface area contributed by atoms with Gasteiger partial charge in [0.15, 0.2) is 0 Å². The molecule has 3 N–H and O–H groups in total. The van der Waals surface area contributed by atoms with Crippen LogP contribution in [0.15, 0.2) is 29.6 Å². The normalized spacial score (nSPS) is 20.7. The average molecular weight is 304 g/mol. The number of nitrogens with one attached hydrogen (secondary N) is 1. The number of ether oxygens (including phenoxy) is 1. The molecule has 2 aromatic rings. The van der Waals surface area contributed by atoms with Crippen molar-refractivity contribution in [3.63, 3.8) is 0 Å². The fraction of sp³-hybridized carbons (Fsp3) is 0.529. The minimum absolute atomic E-state index is 0.327. The van der Waals surface area contributed by atoms with Gasteiger partial charge in [0.1, 0.15) is 0 Å². The van der Waals surface area contributed by atoms with E-state index >= 15 is 0 Å². The van der Waals surface area contributed by atoms with E-state index < -0.39 is 0 Å². The van der Waals surface area contributed by atoms with Crippen molar-refractivity contribution in [2.75, 3.05) is 6.61 Å². The lowest BCUT2D eigenvalue weighted by Crippen LogP contribution is -2.37. The number of rotatable bonds is 6. The lowest BCUT2D eigenvalue weighted by atomic mass is 9.97. The van der Waals surface area contributed by atoms with Crippen LogP contribution >= 0.6 is 11.3 Å². The number of hydrogen-bond donors (Lipinski definition) is 2. The minimum Gasteiger partial charge on any atom is -0.378 e. The van der Waals surface area contributed by atoms with Crippen molar-refractivity contribution in [1.82, 2.24) is 5.43 Å².